The first-order valence-corrected chi connectivity index (χ1v) is 7.17. The Balaban J connectivity index is 1.81. The summed E-state index contributed by atoms with van der Waals surface area (Å²) in [5.41, 5.74) is 0.875. The molecule has 1 aromatic carbocycles. The van der Waals surface area contributed by atoms with Crippen LogP contribution in [0.3, 0.4) is 0 Å². The number of ether oxygens (including phenoxy) is 1. The van der Waals surface area contributed by atoms with Gasteiger partial charge in [-0.25, -0.2) is 4.79 Å². The molecule has 120 valence electrons. The molecule has 1 aliphatic heterocycles. The van der Waals surface area contributed by atoms with Crippen LogP contribution in [0, 0.1) is 17.0 Å². The molecule has 2 N–H and O–H groups in total. The van der Waals surface area contributed by atoms with Gasteiger partial charge >= 0.3 is 6.03 Å². The van der Waals surface area contributed by atoms with Crippen molar-refractivity contribution in [1.29, 1.82) is 0 Å². The van der Waals surface area contributed by atoms with E-state index in [4.69, 9.17) is 4.74 Å². The fourth-order valence-electron chi connectivity index (χ4n) is 2.28. The standard InChI is InChI=1S/C14H20N4O4/c1-11-12(3-2-4-13(11)18(20)21)16-14(19)15-5-6-17-7-9-22-10-8-17/h2-4H,5-10H2,1H3,(H2,15,16,19). The van der Waals surface area contributed by atoms with Crippen molar-refractivity contribution in [3.05, 3.63) is 33.9 Å². The van der Waals surface area contributed by atoms with Gasteiger partial charge in [-0.1, -0.05) is 6.07 Å². The summed E-state index contributed by atoms with van der Waals surface area (Å²) in [6.45, 7) is 6.06. The van der Waals surface area contributed by atoms with Gasteiger partial charge in [-0.05, 0) is 13.0 Å². The Morgan fingerprint density at radius 2 is 2.14 bits per heavy atom. The highest BCUT2D eigenvalue weighted by atomic mass is 16.6. The first-order valence-electron chi connectivity index (χ1n) is 7.17. The summed E-state index contributed by atoms with van der Waals surface area (Å²) in [6.07, 6.45) is 0. The van der Waals surface area contributed by atoms with Gasteiger partial charge in [0.2, 0.25) is 0 Å². The molecule has 0 aliphatic carbocycles. The topological polar surface area (TPSA) is 96.7 Å². The van der Waals surface area contributed by atoms with Gasteiger partial charge in [-0.3, -0.25) is 15.0 Å². The minimum absolute atomic E-state index is 0.00823. The zero-order valence-electron chi connectivity index (χ0n) is 12.5. The van der Waals surface area contributed by atoms with E-state index in [0.717, 1.165) is 32.8 Å². The number of benzene rings is 1. The maximum atomic E-state index is 11.9. The van der Waals surface area contributed by atoms with E-state index in [2.05, 4.69) is 15.5 Å². The van der Waals surface area contributed by atoms with Gasteiger partial charge in [0, 0.05) is 32.2 Å². The van der Waals surface area contributed by atoms with E-state index in [1.165, 1.54) is 6.07 Å². The Hall–Kier alpha value is -2.19. The van der Waals surface area contributed by atoms with E-state index < -0.39 is 4.92 Å². The molecule has 8 heteroatoms. The number of nitro groups is 1. The van der Waals surface area contributed by atoms with Gasteiger partial charge < -0.3 is 15.4 Å². The molecule has 0 bridgehead atoms. The second-order valence-corrected chi connectivity index (χ2v) is 5.04. The Morgan fingerprint density at radius 3 is 2.82 bits per heavy atom. The van der Waals surface area contributed by atoms with E-state index in [1.807, 2.05) is 0 Å². The number of hydrogen-bond acceptors (Lipinski definition) is 5. The van der Waals surface area contributed by atoms with Crippen LogP contribution >= 0.6 is 0 Å². The average molecular weight is 308 g/mol. The van der Waals surface area contributed by atoms with Gasteiger partial charge in [0.1, 0.15) is 0 Å². The summed E-state index contributed by atoms with van der Waals surface area (Å²) < 4.78 is 5.25. The van der Waals surface area contributed by atoms with Crippen molar-refractivity contribution in [2.45, 2.75) is 6.92 Å². The van der Waals surface area contributed by atoms with E-state index in [9.17, 15) is 14.9 Å². The predicted octanol–water partition coefficient (Wildman–Crippen LogP) is 1.36. The molecular weight excluding hydrogens is 288 g/mol. The molecule has 0 radical (unpaired) electrons. The molecule has 1 heterocycles. The van der Waals surface area contributed by atoms with E-state index in [-0.39, 0.29) is 11.7 Å². The zero-order chi connectivity index (χ0) is 15.9. The third-order valence-corrected chi connectivity index (χ3v) is 3.57. The molecule has 1 saturated heterocycles. The van der Waals surface area contributed by atoms with Crippen molar-refractivity contribution in [3.63, 3.8) is 0 Å². The lowest BCUT2D eigenvalue weighted by molar-refractivity contribution is -0.385. The second kappa shape index (κ2) is 7.71. The maximum absolute atomic E-state index is 11.9. The fraction of sp³-hybridized carbons (Fsp3) is 0.500. The molecular formula is C14H20N4O4. The summed E-state index contributed by atoms with van der Waals surface area (Å²) in [6, 6.07) is 4.24. The third-order valence-electron chi connectivity index (χ3n) is 3.57. The van der Waals surface area contributed by atoms with Crippen LogP contribution in [0.4, 0.5) is 16.2 Å². The van der Waals surface area contributed by atoms with Crippen molar-refractivity contribution < 1.29 is 14.5 Å². The number of nitrogens with zero attached hydrogens (tertiary/aromatic N) is 2. The fourth-order valence-corrected chi connectivity index (χ4v) is 2.28. The van der Waals surface area contributed by atoms with E-state index >= 15 is 0 Å². The molecule has 22 heavy (non-hydrogen) atoms. The second-order valence-electron chi connectivity index (χ2n) is 5.04. The number of urea groups is 1. The number of rotatable bonds is 5. The number of anilines is 1. The highest BCUT2D eigenvalue weighted by Crippen LogP contribution is 2.24. The Bertz CT molecular complexity index is 544. The van der Waals surface area contributed by atoms with Crippen LogP contribution in [-0.4, -0.2) is 55.2 Å². The lowest BCUT2D eigenvalue weighted by atomic mass is 10.1. The van der Waals surface area contributed by atoms with E-state index in [0.29, 0.717) is 17.8 Å². The largest absolute Gasteiger partial charge is 0.379 e. The van der Waals surface area contributed by atoms with Crippen LogP contribution in [-0.2, 0) is 4.74 Å². The SMILES string of the molecule is Cc1c(NC(=O)NCCN2CCOCC2)cccc1[N+](=O)[O-]. The van der Waals surface area contributed by atoms with Crippen LogP contribution < -0.4 is 10.6 Å². The van der Waals surface area contributed by atoms with Gasteiger partial charge in [0.05, 0.1) is 29.4 Å². The van der Waals surface area contributed by atoms with Crippen LogP contribution in [0.15, 0.2) is 18.2 Å². The van der Waals surface area contributed by atoms with Gasteiger partial charge in [0.15, 0.2) is 0 Å². The molecule has 1 aromatic rings. The van der Waals surface area contributed by atoms with Crippen LogP contribution in [0.2, 0.25) is 0 Å². The third kappa shape index (κ3) is 4.40. The first kappa shape index (κ1) is 16.2. The molecule has 0 aromatic heterocycles. The first-order chi connectivity index (χ1) is 10.6. The molecule has 0 saturated carbocycles. The van der Waals surface area contributed by atoms with Crippen molar-refractivity contribution in [3.8, 4) is 0 Å². The quantitative estimate of drug-likeness (QED) is 0.632. The number of hydrogen-bond donors (Lipinski definition) is 2. The maximum Gasteiger partial charge on any atom is 0.319 e. The predicted molar refractivity (Wildman–Crippen MR) is 82.1 cm³/mol. The molecule has 2 rings (SSSR count). The smallest absolute Gasteiger partial charge is 0.319 e. The summed E-state index contributed by atoms with van der Waals surface area (Å²) in [5.74, 6) is 0. The summed E-state index contributed by atoms with van der Waals surface area (Å²) >= 11 is 0. The highest BCUT2D eigenvalue weighted by Gasteiger charge is 2.15. The number of nitrogens with one attached hydrogen (secondary N) is 2. The summed E-state index contributed by atoms with van der Waals surface area (Å²) in [4.78, 5) is 24.5. The molecule has 1 aliphatic rings. The Kier molecular flexibility index (Phi) is 5.68. The Labute approximate surface area is 128 Å². The molecule has 1 fully saturated rings. The van der Waals surface area contributed by atoms with Crippen molar-refractivity contribution >= 4 is 17.4 Å². The minimum atomic E-state index is -0.461. The molecule has 8 nitrogen and oxygen atoms in total. The van der Waals surface area contributed by atoms with E-state index in [1.54, 1.807) is 19.1 Å². The van der Waals surface area contributed by atoms with Crippen LogP contribution in [0.1, 0.15) is 5.56 Å². The average Bonchev–Trinajstić information content (AvgIpc) is 2.50. The number of amides is 2. The lowest BCUT2D eigenvalue weighted by Gasteiger charge is -2.26. The number of morpholine rings is 1. The Morgan fingerprint density at radius 1 is 1.41 bits per heavy atom. The normalized spacial score (nSPS) is 15.3. The monoisotopic (exact) mass is 308 g/mol. The zero-order valence-corrected chi connectivity index (χ0v) is 12.5. The highest BCUT2D eigenvalue weighted by molar-refractivity contribution is 5.90. The number of carbonyl (C=O) groups is 1. The number of nitro benzene ring substituents is 1. The van der Waals surface area contributed by atoms with Gasteiger partial charge in [-0.2, -0.15) is 0 Å². The molecule has 0 spiro atoms. The van der Waals surface area contributed by atoms with Crippen molar-refractivity contribution in [1.82, 2.24) is 10.2 Å². The van der Waals surface area contributed by atoms with Gasteiger partial charge in [0.25, 0.3) is 5.69 Å². The number of carbonyl (C=O) groups excluding carboxylic acids is 1. The molecule has 0 atom stereocenters. The van der Waals surface area contributed by atoms with Crippen LogP contribution in [0.25, 0.3) is 0 Å². The minimum Gasteiger partial charge on any atom is -0.379 e. The summed E-state index contributed by atoms with van der Waals surface area (Å²) in [7, 11) is 0. The van der Waals surface area contributed by atoms with Crippen molar-refractivity contribution in [2.75, 3.05) is 44.7 Å². The van der Waals surface area contributed by atoms with Crippen LogP contribution in [0.5, 0.6) is 0 Å². The van der Waals surface area contributed by atoms with Gasteiger partial charge in [-0.15, -0.1) is 0 Å². The molecule has 2 amide bonds. The molecule has 0 unspecified atom stereocenters. The summed E-state index contributed by atoms with van der Waals surface area (Å²) in [5, 5.41) is 16.3. The van der Waals surface area contributed by atoms with Crippen molar-refractivity contribution in [2.24, 2.45) is 0 Å². The lowest BCUT2D eigenvalue weighted by Crippen LogP contribution is -2.42.